The van der Waals surface area contributed by atoms with Crippen molar-refractivity contribution in [1.82, 2.24) is 0 Å². The Morgan fingerprint density at radius 3 is 1.92 bits per heavy atom. The van der Waals surface area contributed by atoms with E-state index in [-0.39, 0.29) is 10.8 Å². The molecule has 1 aliphatic carbocycles. The first-order valence-electron chi connectivity index (χ1n) is 9.12. The lowest BCUT2D eigenvalue weighted by molar-refractivity contribution is 0.474. The first kappa shape index (κ1) is 17.7. The SMILES string of the molecule is CC(C)(C)c1cccc(C(C)(C)C)c1N=C1CCc2cccc(O)c21. The second kappa shape index (κ2) is 6.01. The number of benzene rings is 2. The van der Waals surface area contributed by atoms with Crippen molar-refractivity contribution in [3.63, 3.8) is 0 Å². The minimum Gasteiger partial charge on any atom is -0.507 e. The Balaban J connectivity index is 2.26. The molecule has 0 radical (unpaired) electrons. The number of nitrogens with zero attached hydrogens (tertiary/aromatic N) is 1. The van der Waals surface area contributed by atoms with Gasteiger partial charge in [0, 0.05) is 5.56 Å². The molecular formula is C23H29NO. The van der Waals surface area contributed by atoms with Crippen molar-refractivity contribution in [2.45, 2.75) is 65.2 Å². The van der Waals surface area contributed by atoms with Crippen molar-refractivity contribution < 1.29 is 5.11 Å². The van der Waals surface area contributed by atoms with E-state index in [1.54, 1.807) is 6.07 Å². The van der Waals surface area contributed by atoms with E-state index in [1.165, 1.54) is 16.7 Å². The molecule has 0 fully saturated rings. The number of aromatic hydroxyl groups is 1. The maximum Gasteiger partial charge on any atom is 0.124 e. The number of aliphatic imine (C=N–C) groups is 1. The van der Waals surface area contributed by atoms with Gasteiger partial charge in [0.15, 0.2) is 0 Å². The van der Waals surface area contributed by atoms with Gasteiger partial charge in [-0.3, -0.25) is 4.99 Å². The maximum atomic E-state index is 10.4. The number of para-hydroxylation sites is 1. The molecule has 2 nitrogen and oxygen atoms in total. The number of hydrogen-bond donors (Lipinski definition) is 1. The quantitative estimate of drug-likeness (QED) is 0.675. The molecule has 0 aromatic heterocycles. The van der Waals surface area contributed by atoms with E-state index in [2.05, 4.69) is 65.8 Å². The van der Waals surface area contributed by atoms with Gasteiger partial charge in [-0.05, 0) is 46.4 Å². The van der Waals surface area contributed by atoms with Crippen LogP contribution in [0.5, 0.6) is 5.75 Å². The minimum atomic E-state index is 0.0147. The molecule has 2 aromatic carbocycles. The number of aryl methyl sites for hydroxylation is 1. The van der Waals surface area contributed by atoms with Crippen LogP contribution in [0.1, 0.15) is 70.2 Å². The summed E-state index contributed by atoms with van der Waals surface area (Å²) in [6.45, 7) is 13.4. The van der Waals surface area contributed by atoms with Gasteiger partial charge in [-0.2, -0.15) is 0 Å². The van der Waals surface area contributed by atoms with Gasteiger partial charge in [0.2, 0.25) is 0 Å². The highest BCUT2D eigenvalue weighted by molar-refractivity contribution is 6.08. The Bertz CT molecular complexity index is 800. The van der Waals surface area contributed by atoms with Crippen molar-refractivity contribution in [1.29, 1.82) is 0 Å². The fourth-order valence-corrected chi connectivity index (χ4v) is 3.63. The minimum absolute atomic E-state index is 0.0147. The van der Waals surface area contributed by atoms with Gasteiger partial charge in [0.05, 0.1) is 11.4 Å². The van der Waals surface area contributed by atoms with Crippen LogP contribution >= 0.6 is 0 Å². The van der Waals surface area contributed by atoms with Gasteiger partial charge >= 0.3 is 0 Å². The number of rotatable bonds is 1. The van der Waals surface area contributed by atoms with Gasteiger partial charge in [-0.1, -0.05) is 71.9 Å². The van der Waals surface area contributed by atoms with Gasteiger partial charge in [0.25, 0.3) is 0 Å². The molecule has 1 N–H and O–H groups in total. The van der Waals surface area contributed by atoms with E-state index < -0.39 is 0 Å². The number of phenols is 1. The molecule has 0 saturated carbocycles. The zero-order chi connectivity index (χ0) is 18.4. The van der Waals surface area contributed by atoms with Gasteiger partial charge in [-0.15, -0.1) is 0 Å². The van der Waals surface area contributed by atoms with Crippen LogP contribution in [0.3, 0.4) is 0 Å². The molecule has 0 spiro atoms. The molecule has 0 saturated heterocycles. The van der Waals surface area contributed by atoms with E-state index in [1.807, 2.05) is 6.07 Å². The van der Waals surface area contributed by atoms with Crippen LogP contribution in [0.25, 0.3) is 0 Å². The topological polar surface area (TPSA) is 32.6 Å². The van der Waals surface area contributed by atoms with Gasteiger partial charge in [-0.25, -0.2) is 0 Å². The Morgan fingerprint density at radius 1 is 0.800 bits per heavy atom. The van der Waals surface area contributed by atoms with Crippen molar-refractivity contribution >= 4 is 11.4 Å². The second-order valence-corrected chi connectivity index (χ2v) is 9.07. The monoisotopic (exact) mass is 335 g/mol. The van der Waals surface area contributed by atoms with Crippen molar-refractivity contribution in [3.05, 3.63) is 58.7 Å². The van der Waals surface area contributed by atoms with Crippen LogP contribution in [0.2, 0.25) is 0 Å². The van der Waals surface area contributed by atoms with E-state index in [9.17, 15) is 5.11 Å². The fourth-order valence-electron chi connectivity index (χ4n) is 3.63. The Labute approximate surface area is 151 Å². The van der Waals surface area contributed by atoms with Crippen LogP contribution in [0.4, 0.5) is 5.69 Å². The predicted octanol–water partition coefficient (Wildman–Crippen LogP) is 6.05. The smallest absolute Gasteiger partial charge is 0.124 e. The van der Waals surface area contributed by atoms with Crippen LogP contribution in [-0.2, 0) is 17.3 Å². The van der Waals surface area contributed by atoms with Crippen molar-refractivity contribution in [2.24, 2.45) is 4.99 Å². The standard InChI is InChI=1S/C23H29NO/c1-22(2,3)16-10-8-11-17(23(4,5)6)21(16)24-18-14-13-15-9-7-12-19(25)20(15)18/h7-12,25H,13-14H2,1-6H3. The summed E-state index contributed by atoms with van der Waals surface area (Å²) in [5, 5.41) is 10.4. The van der Waals surface area contributed by atoms with Crippen molar-refractivity contribution in [3.8, 4) is 5.75 Å². The van der Waals surface area contributed by atoms with Crippen LogP contribution in [0.15, 0.2) is 41.4 Å². The summed E-state index contributed by atoms with van der Waals surface area (Å²) in [5.74, 6) is 0.347. The predicted molar refractivity (Wildman–Crippen MR) is 106 cm³/mol. The third-order valence-corrected chi connectivity index (χ3v) is 4.95. The molecule has 0 atom stereocenters. The third kappa shape index (κ3) is 3.35. The zero-order valence-corrected chi connectivity index (χ0v) is 16.3. The van der Waals surface area contributed by atoms with Crippen LogP contribution < -0.4 is 0 Å². The summed E-state index contributed by atoms with van der Waals surface area (Å²) < 4.78 is 0. The molecule has 0 amide bonds. The van der Waals surface area contributed by atoms with Gasteiger partial charge < -0.3 is 5.11 Å². The molecule has 2 heteroatoms. The third-order valence-electron chi connectivity index (χ3n) is 4.95. The summed E-state index contributed by atoms with van der Waals surface area (Å²) in [6, 6.07) is 12.3. The molecule has 3 rings (SSSR count). The lowest BCUT2D eigenvalue weighted by Gasteiger charge is -2.28. The number of phenolic OH excluding ortho intramolecular Hbond substituents is 1. The van der Waals surface area contributed by atoms with E-state index >= 15 is 0 Å². The van der Waals surface area contributed by atoms with Crippen LogP contribution in [-0.4, -0.2) is 10.8 Å². The zero-order valence-electron chi connectivity index (χ0n) is 16.3. The molecule has 0 unspecified atom stereocenters. The van der Waals surface area contributed by atoms with Crippen molar-refractivity contribution in [2.75, 3.05) is 0 Å². The summed E-state index contributed by atoms with van der Waals surface area (Å²) in [7, 11) is 0. The molecule has 1 aliphatic rings. The molecule has 2 aromatic rings. The molecule has 0 heterocycles. The van der Waals surface area contributed by atoms with Crippen LogP contribution in [0, 0.1) is 0 Å². The average Bonchev–Trinajstić information content (AvgIpc) is 2.90. The van der Waals surface area contributed by atoms with Gasteiger partial charge in [0.1, 0.15) is 5.75 Å². The highest BCUT2D eigenvalue weighted by atomic mass is 16.3. The molecule has 25 heavy (non-hydrogen) atoms. The molecule has 0 aliphatic heterocycles. The lowest BCUT2D eigenvalue weighted by atomic mass is 9.79. The number of hydrogen-bond acceptors (Lipinski definition) is 2. The summed E-state index contributed by atoms with van der Waals surface area (Å²) >= 11 is 0. The maximum absolute atomic E-state index is 10.4. The Morgan fingerprint density at radius 2 is 1.36 bits per heavy atom. The fraction of sp³-hybridized carbons (Fsp3) is 0.435. The van der Waals surface area contributed by atoms with E-state index in [4.69, 9.17) is 4.99 Å². The highest BCUT2D eigenvalue weighted by Gasteiger charge is 2.27. The normalized spacial score (nSPS) is 16.3. The summed E-state index contributed by atoms with van der Waals surface area (Å²) in [5.41, 5.74) is 6.77. The average molecular weight is 335 g/mol. The molecule has 0 bridgehead atoms. The largest absolute Gasteiger partial charge is 0.507 e. The lowest BCUT2D eigenvalue weighted by Crippen LogP contribution is -2.17. The second-order valence-electron chi connectivity index (χ2n) is 9.07. The molecule has 132 valence electrons. The first-order valence-corrected chi connectivity index (χ1v) is 9.12. The van der Waals surface area contributed by atoms with E-state index in [0.717, 1.165) is 29.8 Å². The Hall–Kier alpha value is -2.09. The number of fused-ring (bicyclic) bond motifs is 1. The summed E-state index contributed by atoms with van der Waals surface area (Å²) in [6.07, 6.45) is 1.83. The summed E-state index contributed by atoms with van der Waals surface area (Å²) in [4.78, 5) is 5.15. The molecular weight excluding hydrogens is 306 g/mol. The van der Waals surface area contributed by atoms with E-state index in [0.29, 0.717) is 5.75 Å². The first-order chi connectivity index (χ1) is 11.6. The Kier molecular flexibility index (Phi) is 4.26. The highest BCUT2D eigenvalue weighted by Crippen LogP contribution is 2.41.